The lowest BCUT2D eigenvalue weighted by Gasteiger charge is -2.29. The number of nitrogens with one attached hydrogen (secondary N) is 1. The molecule has 3 rings (SSSR count). The lowest BCUT2D eigenvalue weighted by molar-refractivity contribution is 0.241. The average Bonchev–Trinajstić information content (AvgIpc) is 2.64. The molecule has 1 heterocycles. The van der Waals surface area contributed by atoms with Crippen LogP contribution in [0.15, 0.2) is 48.5 Å². The fraction of sp³-hybridized carbons (Fsp3) is 0.409. The normalized spacial score (nSPS) is 13.9. The summed E-state index contributed by atoms with van der Waals surface area (Å²) >= 11 is 0. The zero-order chi connectivity index (χ0) is 18.6. The van der Waals surface area contributed by atoms with Gasteiger partial charge in [0.15, 0.2) is 0 Å². The molecule has 2 aromatic carbocycles. The number of anilines is 1. The third kappa shape index (κ3) is 4.37. The van der Waals surface area contributed by atoms with Crippen molar-refractivity contribution in [1.29, 1.82) is 0 Å². The highest BCUT2D eigenvalue weighted by Gasteiger charge is 2.21. The van der Waals surface area contributed by atoms with Crippen LogP contribution in [0.4, 0.5) is 10.5 Å². The van der Waals surface area contributed by atoms with E-state index >= 15 is 0 Å². The van der Waals surface area contributed by atoms with E-state index in [1.165, 1.54) is 11.1 Å². The van der Waals surface area contributed by atoms with Gasteiger partial charge in [0.05, 0.1) is 6.54 Å². The molecular weight excluding hydrogens is 324 g/mol. The number of hydrogen-bond acceptors (Lipinski definition) is 2. The minimum Gasteiger partial charge on any atom is -0.492 e. The number of carbonyl (C=O) groups is 1. The van der Waals surface area contributed by atoms with Crippen LogP contribution in [-0.4, -0.2) is 25.7 Å². The van der Waals surface area contributed by atoms with Gasteiger partial charge in [-0.3, -0.25) is 4.90 Å². The largest absolute Gasteiger partial charge is 0.492 e. The average molecular weight is 352 g/mol. The Kier molecular flexibility index (Phi) is 5.50. The summed E-state index contributed by atoms with van der Waals surface area (Å²) in [7, 11) is 0. The number of nitrogens with zero attached hydrogens (tertiary/aromatic N) is 1. The highest BCUT2D eigenvalue weighted by molar-refractivity contribution is 5.93. The molecule has 0 aromatic heterocycles. The zero-order valence-electron chi connectivity index (χ0n) is 15.9. The summed E-state index contributed by atoms with van der Waals surface area (Å²) in [5, 5.41) is 2.97. The maximum atomic E-state index is 12.5. The summed E-state index contributed by atoms with van der Waals surface area (Å²) < 4.78 is 5.82. The third-order valence-corrected chi connectivity index (χ3v) is 4.70. The highest BCUT2D eigenvalue weighted by atomic mass is 16.5. The quantitative estimate of drug-likeness (QED) is 0.822. The number of aryl methyl sites for hydroxylation is 1. The van der Waals surface area contributed by atoms with Gasteiger partial charge in [0.2, 0.25) is 0 Å². The van der Waals surface area contributed by atoms with Crippen molar-refractivity contribution in [3.8, 4) is 5.75 Å². The van der Waals surface area contributed by atoms with Crippen molar-refractivity contribution >= 4 is 11.7 Å². The molecular formula is C22H28N2O2. The van der Waals surface area contributed by atoms with Gasteiger partial charge in [-0.2, -0.15) is 0 Å². The van der Waals surface area contributed by atoms with Crippen molar-refractivity contribution in [2.45, 2.75) is 39.0 Å². The number of urea groups is 1. The number of para-hydroxylation sites is 1. The van der Waals surface area contributed by atoms with E-state index in [0.29, 0.717) is 13.2 Å². The van der Waals surface area contributed by atoms with Gasteiger partial charge in [-0.1, -0.05) is 51.1 Å². The summed E-state index contributed by atoms with van der Waals surface area (Å²) in [5.74, 6) is 0.843. The molecule has 0 bridgehead atoms. The lowest BCUT2D eigenvalue weighted by Crippen LogP contribution is -2.44. The SMILES string of the molecule is CC(C)(C)c1cccc(OCCNC(=O)N2CCCc3ccccc32)c1. The maximum absolute atomic E-state index is 12.5. The van der Waals surface area contributed by atoms with Crippen LogP contribution in [0.3, 0.4) is 0 Å². The molecule has 1 N–H and O–H groups in total. The Labute approximate surface area is 156 Å². The zero-order valence-corrected chi connectivity index (χ0v) is 15.9. The van der Waals surface area contributed by atoms with Crippen LogP contribution in [0, 0.1) is 0 Å². The van der Waals surface area contributed by atoms with Gasteiger partial charge in [-0.15, -0.1) is 0 Å². The predicted molar refractivity (Wildman–Crippen MR) is 106 cm³/mol. The molecule has 0 unspecified atom stereocenters. The molecule has 138 valence electrons. The Morgan fingerprint density at radius 1 is 1.15 bits per heavy atom. The van der Waals surface area contributed by atoms with Gasteiger partial charge < -0.3 is 10.1 Å². The maximum Gasteiger partial charge on any atom is 0.321 e. The van der Waals surface area contributed by atoms with Gasteiger partial charge in [0.1, 0.15) is 12.4 Å². The monoisotopic (exact) mass is 352 g/mol. The van der Waals surface area contributed by atoms with E-state index in [0.717, 1.165) is 30.8 Å². The van der Waals surface area contributed by atoms with E-state index in [9.17, 15) is 4.79 Å². The van der Waals surface area contributed by atoms with E-state index in [-0.39, 0.29) is 11.4 Å². The molecule has 4 nitrogen and oxygen atoms in total. The molecule has 26 heavy (non-hydrogen) atoms. The highest BCUT2D eigenvalue weighted by Crippen LogP contribution is 2.27. The van der Waals surface area contributed by atoms with Crippen LogP contribution in [0.25, 0.3) is 0 Å². The Morgan fingerprint density at radius 3 is 2.77 bits per heavy atom. The smallest absolute Gasteiger partial charge is 0.321 e. The Morgan fingerprint density at radius 2 is 1.96 bits per heavy atom. The van der Waals surface area contributed by atoms with Gasteiger partial charge in [0, 0.05) is 12.2 Å². The molecule has 0 fully saturated rings. The van der Waals surface area contributed by atoms with Gasteiger partial charge in [-0.05, 0) is 47.6 Å². The molecule has 1 aliphatic heterocycles. The number of hydrogen-bond donors (Lipinski definition) is 1. The van der Waals surface area contributed by atoms with E-state index in [2.05, 4.69) is 44.3 Å². The third-order valence-electron chi connectivity index (χ3n) is 4.70. The van der Waals surface area contributed by atoms with E-state index in [1.54, 1.807) is 0 Å². The summed E-state index contributed by atoms with van der Waals surface area (Å²) in [5.41, 5.74) is 3.60. The van der Waals surface area contributed by atoms with Crippen LogP contribution in [0.2, 0.25) is 0 Å². The van der Waals surface area contributed by atoms with Crippen molar-refractivity contribution < 1.29 is 9.53 Å². The van der Waals surface area contributed by atoms with Crippen LogP contribution in [0.5, 0.6) is 5.75 Å². The summed E-state index contributed by atoms with van der Waals surface area (Å²) in [6, 6.07) is 16.2. The van der Waals surface area contributed by atoms with E-state index in [1.807, 2.05) is 35.2 Å². The number of benzene rings is 2. The molecule has 1 aliphatic rings. The van der Waals surface area contributed by atoms with Gasteiger partial charge in [-0.25, -0.2) is 4.79 Å². The molecule has 2 amide bonds. The molecule has 0 saturated heterocycles. The van der Waals surface area contributed by atoms with Crippen molar-refractivity contribution in [2.75, 3.05) is 24.6 Å². The first-order valence-corrected chi connectivity index (χ1v) is 9.32. The number of fused-ring (bicyclic) bond motifs is 1. The minimum atomic E-state index is -0.0517. The van der Waals surface area contributed by atoms with Crippen LogP contribution < -0.4 is 15.0 Å². The van der Waals surface area contributed by atoms with Crippen LogP contribution >= 0.6 is 0 Å². The van der Waals surface area contributed by atoms with Crippen LogP contribution in [0.1, 0.15) is 38.3 Å². The Balaban J connectivity index is 1.51. The molecule has 0 atom stereocenters. The molecule has 0 aliphatic carbocycles. The second-order valence-electron chi connectivity index (χ2n) is 7.74. The molecule has 2 aromatic rings. The number of amides is 2. The van der Waals surface area contributed by atoms with Crippen LogP contribution in [-0.2, 0) is 11.8 Å². The topological polar surface area (TPSA) is 41.6 Å². The van der Waals surface area contributed by atoms with Crippen molar-refractivity contribution in [2.24, 2.45) is 0 Å². The number of ether oxygens (including phenoxy) is 1. The first kappa shape index (κ1) is 18.3. The fourth-order valence-corrected chi connectivity index (χ4v) is 3.22. The second kappa shape index (κ2) is 7.81. The summed E-state index contributed by atoms with van der Waals surface area (Å²) in [6.45, 7) is 8.25. The van der Waals surface area contributed by atoms with Crippen molar-refractivity contribution in [1.82, 2.24) is 5.32 Å². The summed E-state index contributed by atoms with van der Waals surface area (Å²) in [4.78, 5) is 14.3. The predicted octanol–water partition coefficient (Wildman–Crippen LogP) is 4.53. The molecule has 4 heteroatoms. The van der Waals surface area contributed by atoms with Crippen molar-refractivity contribution in [3.63, 3.8) is 0 Å². The Bertz CT molecular complexity index is 765. The molecule has 0 saturated carbocycles. The first-order valence-electron chi connectivity index (χ1n) is 9.32. The standard InChI is InChI=1S/C22H28N2O2/c1-22(2,3)18-10-6-11-19(16-18)26-15-13-23-21(25)24-14-7-9-17-8-4-5-12-20(17)24/h4-6,8,10-12,16H,7,9,13-15H2,1-3H3,(H,23,25). The van der Waals surface area contributed by atoms with Gasteiger partial charge >= 0.3 is 6.03 Å². The lowest BCUT2D eigenvalue weighted by atomic mass is 9.87. The van der Waals surface area contributed by atoms with E-state index in [4.69, 9.17) is 4.74 Å². The number of rotatable bonds is 4. The van der Waals surface area contributed by atoms with Gasteiger partial charge in [0.25, 0.3) is 0 Å². The summed E-state index contributed by atoms with van der Waals surface area (Å²) in [6.07, 6.45) is 2.04. The number of carbonyl (C=O) groups excluding carboxylic acids is 1. The molecule has 0 radical (unpaired) electrons. The Hall–Kier alpha value is -2.49. The van der Waals surface area contributed by atoms with Crippen molar-refractivity contribution in [3.05, 3.63) is 59.7 Å². The minimum absolute atomic E-state index is 0.0517. The molecule has 0 spiro atoms. The fourth-order valence-electron chi connectivity index (χ4n) is 3.22. The first-order chi connectivity index (χ1) is 12.4. The second-order valence-corrected chi connectivity index (χ2v) is 7.74. The van der Waals surface area contributed by atoms with E-state index < -0.39 is 0 Å².